The van der Waals surface area contributed by atoms with Crippen molar-refractivity contribution in [3.63, 3.8) is 0 Å². The number of hydrogen-bond donors (Lipinski definition) is 1. The minimum atomic E-state index is -0.564. The van der Waals surface area contributed by atoms with Crippen LogP contribution in [0.25, 0.3) is 0 Å². The van der Waals surface area contributed by atoms with Crippen molar-refractivity contribution in [2.45, 2.75) is 13.0 Å². The summed E-state index contributed by atoms with van der Waals surface area (Å²) in [5, 5.41) is 10.3. The molecular formula is C12H10Br2OS. The van der Waals surface area contributed by atoms with Crippen LogP contribution in [0.3, 0.4) is 0 Å². The number of rotatable bonds is 2. The Kier molecular flexibility index (Phi) is 3.85. The Hall–Kier alpha value is -0.160. The van der Waals surface area contributed by atoms with Crippen LogP contribution in [0.4, 0.5) is 0 Å². The van der Waals surface area contributed by atoms with Gasteiger partial charge in [-0.15, -0.1) is 11.3 Å². The van der Waals surface area contributed by atoms with Crippen molar-refractivity contribution in [2.75, 3.05) is 0 Å². The molecule has 0 spiro atoms. The van der Waals surface area contributed by atoms with Gasteiger partial charge in [0.15, 0.2) is 0 Å². The lowest BCUT2D eigenvalue weighted by molar-refractivity contribution is 0.223. The predicted molar refractivity (Wildman–Crippen MR) is 75.0 cm³/mol. The molecule has 0 aliphatic heterocycles. The lowest BCUT2D eigenvalue weighted by atomic mass is 10.1. The van der Waals surface area contributed by atoms with Crippen molar-refractivity contribution >= 4 is 43.2 Å². The van der Waals surface area contributed by atoms with Gasteiger partial charge in [-0.05, 0) is 37.3 Å². The SMILES string of the molecule is Cc1ccc(C(O)c2cc(Br)ccc2Br)s1. The largest absolute Gasteiger partial charge is 0.383 e. The Morgan fingerprint density at radius 3 is 2.56 bits per heavy atom. The van der Waals surface area contributed by atoms with Crippen molar-refractivity contribution < 1.29 is 5.11 Å². The topological polar surface area (TPSA) is 20.2 Å². The van der Waals surface area contributed by atoms with Gasteiger partial charge >= 0.3 is 0 Å². The van der Waals surface area contributed by atoms with Crippen LogP contribution in [-0.4, -0.2) is 5.11 Å². The molecule has 0 amide bonds. The molecule has 1 aromatic carbocycles. The molecule has 2 aromatic rings. The maximum Gasteiger partial charge on any atom is 0.114 e. The molecule has 1 N–H and O–H groups in total. The lowest BCUT2D eigenvalue weighted by Gasteiger charge is -2.11. The van der Waals surface area contributed by atoms with E-state index in [9.17, 15) is 5.11 Å². The van der Waals surface area contributed by atoms with Crippen LogP contribution < -0.4 is 0 Å². The first-order chi connectivity index (χ1) is 7.58. The molecule has 0 aliphatic rings. The highest BCUT2D eigenvalue weighted by molar-refractivity contribution is 9.11. The van der Waals surface area contributed by atoms with Crippen LogP contribution >= 0.6 is 43.2 Å². The molecule has 1 heterocycles. The average molecular weight is 362 g/mol. The van der Waals surface area contributed by atoms with Crippen molar-refractivity contribution in [3.05, 3.63) is 54.6 Å². The molecule has 2 rings (SSSR count). The number of hydrogen-bond acceptors (Lipinski definition) is 2. The van der Waals surface area contributed by atoms with Crippen LogP contribution in [0.2, 0.25) is 0 Å². The maximum absolute atomic E-state index is 10.3. The molecular weight excluding hydrogens is 352 g/mol. The first-order valence-electron chi connectivity index (χ1n) is 4.77. The van der Waals surface area contributed by atoms with Crippen molar-refractivity contribution in [2.24, 2.45) is 0 Å². The summed E-state index contributed by atoms with van der Waals surface area (Å²) in [6.45, 7) is 2.04. The lowest BCUT2D eigenvalue weighted by Crippen LogP contribution is -1.98. The van der Waals surface area contributed by atoms with Crippen LogP contribution in [0.5, 0.6) is 0 Å². The molecule has 0 fully saturated rings. The third-order valence-electron chi connectivity index (χ3n) is 2.28. The summed E-state index contributed by atoms with van der Waals surface area (Å²) >= 11 is 8.49. The summed E-state index contributed by atoms with van der Waals surface area (Å²) < 4.78 is 1.90. The van der Waals surface area contributed by atoms with Gasteiger partial charge in [-0.1, -0.05) is 31.9 Å². The van der Waals surface area contributed by atoms with Gasteiger partial charge < -0.3 is 5.11 Å². The van der Waals surface area contributed by atoms with Crippen LogP contribution in [0.1, 0.15) is 21.4 Å². The second kappa shape index (κ2) is 5.00. The minimum absolute atomic E-state index is 0.564. The Morgan fingerprint density at radius 2 is 1.94 bits per heavy atom. The predicted octanol–water partition coefficient (Wildman–Crippen LogP) is 4.66. The highest BCUT2D eigenvalue weighted by Crippen LogP contribution is 2.33. The average Bonchev–Trinajstić information content (AvgIpc) is 2.67. The fraction of sp³-hybridized carbons (Fsp3) is 0.167. The van der Waals surface area contributed by atoms with E-state index < -0.39 is 6.10 Å². The summed E-state index contributed by atoms with van der Waals surface area (Å²) in [5.41, 5.74) is 0.885. The highest BCUT2D eigenvalue weighted by atomic mass is 79.9. The third-order valence-corrected chi connectivity index (χ3v) is 4.55. The Labute approximate surface area is 115 Å². The Bertz CT molecular complexity index is 507. The number of aliphatic hydroxyl groups is 1. The van der Waals surface area contributed by atoms with Gasteiger partial charge in [0, 0.05) is 24.3 Å². The second-order valence-electron chi connectivity index (χ2n) is 3.52. The summed E-state index contributed by atoms with van der Waals surface area (Å²) in [6.07, 6.45) is -0.564. The molecule has 1 aromatic heterocycles. The van der Waals surface area contributed by atoms with E-state index >= 15 is 0 Å². The second-order valence-corrected chi connectivity index (χ2v) is 6.61. The monoisotopic (exact) mass is 360 g/mol. The number of halogens is 2. The molecule has 1 unspecified atom stereocenters. The Morgan fingerprint density at radius 1 is 1.19 bits per heavy atom. The molecule has 0 saturated heterocycles. The molecule has 0 bridgehead atoms. The number of aryl methyl sites for hydroxylation is 1. The number of benzene rings is 1. The Balaban J connectivity index is 2.40. The van der Waals surface area contributed by atoms with Crippen LogP contribution in [0.15, 0.2) is 39.3 Å². The quantitative estimate of drug-likeness (QED) is 0.824. The van der Waals surface area contributed by atoms with Gasteiger partial charge in [-0.25, -0.2) is 0 Å². The van der Waals surface area contributed by atoms with Crippen LogP contribution in [0, 0.1) is 6.92 Å². The zero-order valence-electron chi connectivity index (χ0n) is 8.58. The van der Waals surface area contributed by atoms with Gasteiger partial charge in [0.25, 0.3) is 0 Å². The van der Waals surface area contributed by atoms with Crippen molar-refractivity contribution in [1.29, 1.82) is 0 Å². The zero-order valence-corrected chi connectivity index (χ0v) is 12.6. The van der Waals surface area contributed by atoms with Crippen molar-refractivity contribution in [1.82, 2.24) is 0 Å². The van der Waals surface area contributed by atoms with E-state index in [1.165, 1.54) is 4.88 Å². The van der Waals surface area contributed by atoms with E-state index in [-0.39, 0.29) is 0 Å². The van der Waals surface area contributed by atoms with Gasteiger partial charge in [0.1, 0.15) is 6.10 Å². The smallest absolute Gasteiger partial charge is 0.114 e. The molecule has 1 nitrogen and oxygen atoms in total. The number of aliphatic hydroxyl groups excluding tert-OH is 1. The summed E-state index contributed by atoms with van der Waals surface area (Å²) in [4.78, 5) is 2.18. The fourth-order valence-corrected chi connectivity index (χ4v) is 3.20. The fourth-order valence-electron chi connectivity index (χ4n) is 1.48. The van der Waals surface area contributed by atoms with E-state index in [1.54, 1.807) is 11.3 Å². The van der Waals surface area contributed by atoms with E-state index in [0.29, 0.717) is 0 Å². The molecule has 16 heavy (non-hydrogen) atoms. The van der Waals surface area contributed by atoms with E-state index in [4.69, 9.17) is 0 Å². The minimum Gasteiger partial charge on any atom is -0.383 e. The van der Waals surface area contributed by atoms with E-state index in [1.807, 2.05) is 37.3 Å². The molecule has 0 saturated carbocycles. The highest BCUT2D eigenvalue weighted by Gasteiger charge is 2.15. The first kappa shape index (κ1) is 12.3. The third kappa shape index (κ3) is 2.56. The standard InChI is InChI=1S/C12H10Br2OS/c1-7-2-5-11(16-7)12(15)9-6-8(13)3-4-10(9)14/h2-6,12,15H,1H3. The van der Waals surface area contributed by atoms with Crippen molar-refractivity contribution in [3.8, 4) is 0 Å². The van der Waals surface area contributed by atoms with Gasteiger partial charge in [0.2, 0.25) is 0 Å². The molecule has 0 aliphatic carbocycles. The van der Waals surface area contributed by atoms with Gasteiger partial charge in [-0.2, -0.15) is 0 Å². The molecule has 4 heteroatoms. The molecule has 0 radical (unpaired) electrons. The summed E-state index contributed by atoms with van der Waals surface area (Å²) in [6, 6.07) is 9.81. The normalized spacial score (nSPS) is 12.8. The maximum atomic E-state index is 10.3. The number of thiophene rings is 1. The summed E-state index contributed by atoms with van der Waals surface area (Å²) in [7, 11) is 0. The van der Waals surface area contributed by atoms with E-state index in [0.717, 1.165) is 19.4 Å². The van der Waals surface area contributed by atoms with Gasteiger partial charge in [0.05, 0.1) is 0 Å². The van der Waals surface area contributed by atoms with E-state index in [2.05, 4.69) is 31.9 Å². The molecule has 1 atom stereocenters. The van der Waals surface area contributed by atoms with Crippen LogP contribution in [-0.2, 0) is 0 Å². The zero-order chi connectivity index (χ0) is 11.7. The first-order valence-corrected chi connectivity index (χ1v) is 7.17. The summed E-state index contributed by atoms with van der Waals surface area (Å²) in [5.74, 6) is 0. The van der Waals surface area contributed by atoms with Gasteiger partial charge in [-0.3, -0.25) is 0 Å². The molecule has 84 valence electrons.